The van der Waals surface area contributed by atoms with Crippen molar-refractivity contribution < 1.29 is 18.7 Å². The monoisotopic (exact) mass is 448 g/mol. The molecule has 8 heteroatoms. The van der Waals surface area contributed by atoms with Crippen molar-refractivity contribution in [1.29, 1.82) is 5.26 Å². The first kappa shape index (κ1) is 22.3. The predicted octanol–water partition coefficient (Wildman–Crippen LogP) is 4.62. The predicted molar refractivity (Wildman–Crippen MR) is 120 cm³/mol. The van der Waals surface area contributed by atoms with Crippen LogP contribution in [-0.4, -0.2) is 33.8 Å². The molecule has 0 unspecified atom stereocenters. The maximum absolute atomic E-state index is 13.6. The van der Waals surface area contributed by atoms with Crippen molar-refractivity contribution in [3.05, 3.63) is 70.8 Å². The van der Waals surface area contributed by atoms with Crippen LogP contribution >= 0.6 is 0 Å². The summed E-state index contributed by atoms with van der Waals surface area (Å²) in [6.45, 7) is 4.72. The smallest absolute Gasteiger partial charge is 0.262 e. The van der Waals surface area contributed by atoms with Gasteiger partial charge in [0.05, 0.1) is 36.7 Å². The zero-order valence-corrected chi connectivity index (χ0v) is 18.8. The molecule has 4 rings (SSSR count). The summed E-state index contributed by atoms with van der Waals surface area (Å²) in [5.41, 5.74) is 2.94. The second kappa shape index (κ2) is 9.33. The standard InChI is InChI=1S/C25H25FN4O3/c1-4-20(5-2)33-22-11-6-16(12-27)24(32-3)23(22)25(31)29-13-17-14-30(28-21(17)15-29)19-9-7-18(26)8-10-19/h6-11,14,20H,4-5,13,15H2,1-3H3. The van der Waals surface area contributed by atoms with E-state index in [0.717, 1.165) is 29.8 Å². The van der Waals surface area contributed by atoms with Gasteiger partial charge in [-0.25, -0.2) is 9.07 Å². The number of amides is 1. The van der Waals surface area contributed by atoms with Crippen LogP contribution in [0, 0.1) is 17.1 Å². The third-order valence-corrected chi connectivity index (χ3v) is 5.82. The van der Waals surface area contributed by atoms with Crippen LogP contribution in [0.4, 0.5) is 4.39 Å². The fourth-order valence-electron chi connectivity index (χ4n) is 3.98. The molecule has 1 amide bonds. The number of halogens is 1. The number of ether oxygens (including phenoxy) is 2. The van der Waals surface area contributed by atoms with Gasteiger partial charge in [-0.2, -0.15) is 10.4 Å². The third kappa shape index (κ3) is 4.27. The zero-order valence-electron chi connectivity index (χ0n) is 18.8. The summed E-state index contributed by atoms with van der Waals surface area (Å²) in [7, 11) is 1.44. The Morgan fingerprint density at radius 2 is 1.91 bits per heavy atom. The molecule has 33 heavy (non-hydrogen) atoms. The zero-order chi connectivity index (χ0) is 23.5. The van der Waals surface area contributed by atoms with Gasteiger partial charge in [-0.15, -0.1) is 0 Å². The van der Waals surface area contributed by atoms with E-state index < -0.39 is 0 Å². The lowest BCUT2D eigenvalue weighted by Crippen LogP contribution is -2.28. The van der Waals surface area contributed by atoms with Crippen LogP contribution in [-0.2, 0) is 13.1 Å². The first-order valence-electron chi connectivity index (χ1n) is 10.9. The molecular formula is C25H25FN4O3. The molecule has 2 heterocycles. The number of carbonyl (C=O) groups is 1. The second-order valence-corrected chi connectivity index (χ2v) is 7.87. The molecule has 0 aliphatic carbocycles. The fourth-order valence-corrected chi connectivity index (χ4v) is 3.98. The Morgan fingerprint density at radius 1 is 1.18 bits per heavy atom. The van der Waals surface area contributed by atoms with Gasteiger partial charge in [0.2, 0.25) is 0 Å². The van der Waals surface area contributed by atoms with Crippen LogP contribution < -0.4 is 9.47 Å². The Labute approximate surface area is 192 Å². The van der Waals surface area contributed by atoms with Crippen molar-refractivity contribution in [3.8, 4) is 23.3 Å². The van der Waals surface area contributed by atoms with Gasteiger partial charge in [-0.05, 0) is 49.2 Å². The third-order valence-electron chi connectivity index (χ3n) is 5.82. The number of methoxy groups -OCH3 is 1. The highest BCUT2D eigenvalue weighted by molar-refractivity contribution is 6.00. The Kier molecular flexibility index (Phi) is 6.31. The molecule has 1 aliphatic rings. The van der Waals surface area contributed by atoms with E-state index in [2.05, 4.69) is 11.2 Å². The van der Waals surface area contributed by atoms with E-state index in [1.807, 2.05) is 20.0 Å². The van der Waals surface area contributed by atoms with Gasteiger partial charge < -0.3 is 14.4 Å². The molecule has 1 aliphatic heterocycles. The number of benzene rings is 2. The van der Waals surface area contributed by atoms with Gasteiger partial charge in [0.15, 0.2) is 5.75 Å². The SMILES string of the molecule is CCC(CC)Oc1ccc(C#N)c(OC)c1C(=O)N1Cc2cn(-c3ccc(F)cc3)nc2C1. The van der Waals surface area contributed by atoms with Crippen molar-refractivity contribution in [2.24, 2.45) is 0 Å². The highest BCUT2D eigenvalue weighted by Gasteiger charge is 2.32. The second-order valence-electron chi connectivity index (χ2n) is 7.87. The molecule has 0 bridgehead atoms. The first-order chi connectivity index (χ1) is 16.0. The Morgan fingerprint density at radius 3 is 2.52 bits per heavy atom. The van der Waals surface area contributed by atoms with Crippen LogP contribution in [0.2, 0.25) is 0 Å². The summed E-state index contributed by atoms with van der Waals surface area (Å²) >= 11 is 0. The minimum Gasteiger partial charge on any atom is -0.494 e. The van der Waals surface area contributed by atoms with Crippen LogP contribution in [0.3, 0.4) is 0 Å². The summed E-state index contributed by atoms with van der Waals surface area (Å²) in [5, 5.41) is 14.1. The number of rotatable bonds is 7. The van der Waals surface area contributed by atoms with Crippen molar-refractivity contribution in [2.45, 2.75) is 45.9 Å². The van der Waals surface area contributed by atoms with E-state index in [1.165, 1.54) is 19.2 Å². The molecule has 0 saturated carbocycles. The molecule has 170 valence electrons. The minimum absolute atomic E-state index is 0.0523. The molecular weight excluding hydrogens is 423 g/mol. The topological polar surface area (TPSA) is 80.4 Å². The van der Waals surface area contributed by atoms with Crippen molar-refractivity contribution in [3.63, 3.8) is 0 Å². The Bertz CT molecular complexity index is 1190. The molecule has 3 aromatic rings. The number of nitriles is 1. The molecule has 0 saturated heterocycles. The summed E-state index contributed by atoms with van der Waals surface area (Å²) in [4.78, 5) is 15.3. The fraction of sp³-hybridized carbons (Fsp3) is 0.320. The molecule has 0 fully saturated rings. The van der Waals surface area contributed by atoms with E-state index in [9.17, 15) is 14.4 Å². The van der Waals surface area contributed by atoms with Gasteiger partial charge in [0.1, 0.15) is 23.2 Å². The average Bonchev–Trinajstić information content (AvgIpc) is 3.41. The quantitative estimate of drug-likeness (QED) is 0.527. The van der Waals surface area contributed by atoms with Crippen molar-refractivity contribution >= 4 is 5.91 Å². The maximum atomic E-state index is 13.6. The Hall–Kier alpha value is -3.86. The van der Waals surface area contributed by atoms with Gasteiger partial charge in [-0.3, -0.25) is 4.79 Å². The minimum atomic E-state index is -0.310. The van der Waals surface area contributed by atoms with Crippen LogP contribution in [0.15, 0.2) is 42.6 Å². The lowest BCUT2D eigenvalue weighted by atomic mass is 10.1. The highest BCUT2D eigenvalue weighted by Crippen LogP contribution is 2.36. The number of carbonyl (C=O) groups excluding carboxylic acids is 1. The van der Waals surface area contributed by atoms with E-state index >= 15 is 0 Å². The normalized spacial score (nSPS) is 12.5. The lowest BCUT2D eigenvalue weighted by molar-refractivity contribution is 0.0736. The number of nitrogens with zero attached hydrogens (tertiary/aromatic N) is 4. The van der Waals surface area contributed by atoms with Crippen molar-refractivity contribution in [2.75, 3.05) is 7.11 Å². The molecule has 7 nitrogen and oxygen atoms in total. The van der Waals surface area contributed by atoms with Gasteiger partial charge in [-0.1, -0.05) is 13.8 Å². The summed E-state index contributed by atoms with van der Waals surface area (Å²) in [6, 6.07) is 11.4. The number of hydrogen-bond acceptors (Lipinski definition) is 5. The van der Waals surface area contributed by atoms with Crippen LogP contribution in [0.25, 0.3) is 5.69 Å². The van der Waals surface area contributed by atoms with Crippen LogP contribution in [0.5, 0.6) is 11.5 Å². The van der Waals surface area contributed by atoms with Gasteiger partial charge >= 0.3 is 0 Å². The van der Waals surface area contributed by atoms with Gasteiger partial charge in [0, 0.05) is 18.3 Å². The maximum Gasteiger partial charge on any atom is 0.262 e. The average molecular weight is 448 g/mol. The molecule has 0 atom stereocenters. The summed E-state index contributed by atoms with van der Waals surface area (Å²) in [6.07, 6.45) is 3.38. The molecule has 0 radical (unpaired) electrons. The van der Waals surface area contributed by atoms with Crippen molar-refractivity contribution in [1.82, 2.24) is 14.7 Å². The summed E-state index contributed by atoms with van der Waals surface area (Å²) < 4.78 is 26.5. The first-order valence-corrected chi connectivity index (χ1v) is 10.9. The van der Waals surface area contributed by atoms with E-state index in [1.54, 1.807) is 33.8 Å². The highest BCUT2D eigenvalue weighted by atomic mass is 19.1. The lowest BCUT2D eigenvalue weighted by Gasteiger charge is -2.23. The van der Waals surface area contributed by atoms with E-state index in [4.69, 9.17) is 9.47 Å². The van der Waals surface area contributed by atoms with E-state index in [-0.39, 0.29) is 34.7 Å². The van der Waals surface area contributed by atoms with Crippen LogP contribution in [0.1, 0.15) is 53.9 Å². The number of hydrogen-bond donors (Lipinski definition) is 0. The molecule has 1 aromatic heterocycles. The summed E-state index contributed by atoms with van der Waals surface area (Å²) in [5.74, 6) is 0.0313. The number of aromatic nitrogens is 2. The van der Waals surface area contributed by atoms with Gasteiger partial charge in [0.25, 0.3) is 5.91 Å². The Balaban J connectivity index is 1.63. The van der Waals surface area contributed by atoms with E-state index in [0.29, 0.717) is 18.8 Å². The largest absolute Gasteiger partial charge is 0.494 e. The number of fused-ring (bicyclic) bond motifs is 1. The molecule has 0 N–H and O–H groups in total. The molecule has 0 spiro atoms. The molecule has 2 aromatic carbocycles.